The van der Waals surface area contributed by atoms with Crippen LogP contribution in [0.5, 0.6) is 0 Å². The predicted molar refractivity (Wildman–Crippen MR) is 119 cm³/mol. The van der Waals surface area contributed by atoms with E-state index >= 15 is 0 Å². The Morgan fingerprint density at radius 3 is 2.40 bits per heavy atom. The van der Waals surface area contributed by atoms with Crippen molar-refractivity contribution in [1.29, 1.82) is 0 Å². The quantitative estimate of drug-likeness (QED) is 0.613. The number of aromatic nitrogens is 3. The van der Waals surface area contributed by atoms with Gasteiger partial charge in [-0.3, -0.25) is 14.2 Å². The molecule has 0 fully saturated rings. The fraction of sp³-hybridized carbons (Fsp3) is 0.273. The molecular weight excluding hydrogens is 398 g/mol. The molecule has 1 N–H and O–H groups in total. The first-order valence-electron chi connectivity index (χ1n) is 9.50. The van der Waals surface area contributed by atoms with Gasteiger partial charge in [0.15, 0.2) is 5.16 Å². The van der Waals surface area contributed by atoms with Crippen LogP contribution in [0.2, 0.25) is 0 Å². The summed E-state index contributed by atoms with van der Waals surface area (Å²) in [5, 5.41) is 12.0. The molecule has 0 radical (unpaired) electrons. The van der Waals surface area contributed by atoms with Crippen molar-refractivity contribution in [3.05, 3.63) is 65.0 Å². The van der Waals surface area contributed by atoms with E-state index in [0.717, 1.165) is 22.6 Å². The van der Waals surface area contributed by atoms with E-state index in [-0.39, 0.29) is 17.6 Å². The molecule has 0 spiro atoms. The molecular formula is C22H25N5O2S. The highest BCUT2D eigenvalue weighted by molar-refractivity contribution is 7.99. The monoisotopic (exact) mass is 423 g/mol. The summed E-state index contributed by atoms with van der Waals surface area (Å²) in [6, 6.07) is 13.1. The van der Waals surface area contributed by atoms with E-state index in [9.17, 15) is 9.59 Å². The fourth-order valence-corrected chi connectivity index (χ4v) is 3.75. The van der Waals surface area contributed by atoms with E-state index in [1.165, 1.54) is 16.7 Å². The van der Waals surface area contributed by atoms with Crippen molar-refractivity contribution in [2.75, 3.05) is 25.2 Å². The highest BCUT2D eigenvalue weighted by atomic mass is 32.2. The second kappa shape index (κ2) is 9.13. The van der Waals surface area contributed by atoms with Crippen LogP contribution >= 0.6 is 11.8 Å². The Labute approximate surface area is 180 Å². The number of carbonyl (C=O) groups excluding carboxylic acids is 2. The van der Waals surface area contributed by atoms with E-state index < -0.39 is 0 Å². The molecule has 0 bridgehead atoms. The van der Waals surface area contributed by atoms with E-state index in [1.807, 2.05) is 25.3 Å². The Balaban J connectivity index is 1.67. The third-order valence-electron chi connectivity index (χ3n) is 4.55. The molecule has 0 aliphatic rings. The van der Waals surface area contributed by atoms with Crippen molar-refractivity contribution >= 4 is 29.3 Å². The molecule has 2 amide bonds. The lowest BCUT2D eigenvalue weighted by molar-refractivity contribution is -0.113. The molecule has 2 aromatic carbocycles. The summed E-state index contributed by atoms with van der Waals surface area (Å²) in [4.78, 5) is 25.9. The fourth-order valence-electron chi connectivity index (χ4n) is 2.96. The number of benzene rings is 2. The molecule has 1 aromatic heterocycles. The SMILES string of the molecule is Cc1ccc(C)c(-n2c(C)nnc2SCC(=O)Nc2ccc(C(=O)N(C)C)cc2)c1. The first-order valence-corrected chi connectivity index (χ1v) is 10.5. The smallest absolute Gasteiger partial charge is 0.253 e. The number of carbonyl (C=O) groups is 2. The van der Waals surface area contributed by atoms with Crippen LogP contribution in [0.1, 0.15) is 27.3 Å². The highest BCUT2D eigenvalue weighted by Crippen LogP contribution is 2.25. The van der Waals surface area contributed by atoms with Crippen LogP contribution in [0, 0.1) is 20.8 Å². The number of rotatable bonds is 6. The van der Waals surface area contributed by atoms with Crippen LogP contribution in [0.25, 0.3) is 5.69 Å². The minimum absolute atomic E-state index is 0.0791. The minimum Gasteiger partial charge on any atom is -0.345 e. The van der Waals surface area contributed by atoms with Gasteiger partial charge < -0.3 is 10.2 Å². The second-order valence-corrected chi connectivity index (χ2v) is 8.21. The summed E-state index contributed by atoms with van der Waals surface area (Å²) in [7, 11) is 3.40. The molecule has 3 rings (SSSR count). The summed E-state index contributed by atoms with van der Waals surface area (Å²) in [5.74, 6) is 0.735. The normalized spacial score (nSPS) is 10.7. The average Bonchev–Trinajstić information content (AvgIpc) is 3.08. The average molecular weight is 424 g/mol. The zero-order chi connectivity index (χ0) is 21.8. The number of nitrogens with one attached hydrogen (secondary N) is 1. The molecule has 7 nitrogen and oxygen atoms in total. The van der Waals surface area contributed by atoms with Crippen molar-refractivity contribution in [1.82, 2.24) is 19.7 Å². The predicted octanol–water partition coefficient (Wildman–Crippen LogP) is 3.63. The highest BCUT2D eigenvalue weighted by Gasteiger charge is 2.15. The molecule has 0 saturated heterocycles. The van der Waals surface area contributed by atoms with Gasteiger partial charge >= 0.3 is 0 Å². The largest absolute Gasteiger partial charge is 0.345 e. The summed E-state index contributed by atoms with van der Waals surface area (Å²) in [6.07, 6.45) is 0. The van der Waals surface area contributed by atoms with Gasteiger partial charge in [-0.25, -0.2) is 0 Å². The Hall–Kier alpha value is -3.13. The van der Waals surface area contributed by atoms with Crippen molar-refractivity contribution in [3.8, 4) is 5.69 Å². The van der Waals surface area contributed by atoms with Crippen LogP contribution < -0.4 is 5.32 Å². The third kappa shape index (κ3) is 4.88. The van der Waals surface area contributed by atoms with Crippen molar-refractivity contribution in [2.24, 2.45) is 0 Å². The van der Waals surface area contributed by atoms with Crippen LogP contribution in [0.15, 0.2) is 47.6 Å². The van der Waals surface area contributed by atoms with Gasteiger partial charge in [0.25, 0.3) is 5.91 Å². The lowest BCUT2D eigenvalue weighted by Gasteiger charge is -2.12. The van der Waals surface area contributed by atoms with Gasteiger partial charge in [-0.1, -0.05) is 23.9 Å². The molecule has 0 aliphatic carbocycles. The molecule has 30 heavy (non-hydrogen) atoms. The van der Waals surface area contributed by atoms with Gasteiger partial charge in [0.2, 0.25) is 5.91 Å². The van der Waals surface area contributed by atoms with Gasteiger partial charge in [0.1, 0.15) is 5.82 Å². The van der Waals surface area contributed by atoms with Crippen LogP contribution in [-0.2, 0) is 4.79 Å². The van der Waals surface area contributed by atoms with E-state index in [4.69, 9.17) is 0 Å². The standard InChI is InChI=1S/C22H25N5O2S/c1-14-6-7-15(2)19(12-14)27-16(3)24-25-22(27)30-13-20(28)23-18-10-8-17(9-11-18)21(29)26(4)5/h6-12H,13H2,1-5H3,(H,23,28). The maximum absolute atomic E-state index is 12.4. The molecule has 156 valence electrons. The first kappa shape index (κ1) is 21.6. The van der Waals surface area contributed by atoms with E-state index in [1.54, 1.807) is 38.4 Å². The van der Waals surface area contributed by atoms with Crippen LogP contribution in [0.3, 0.4) is 0 Å². The maximum Gasteiger partial charge on any atom is 0.253 e. The van der Waals surface area contributed by atoms with Gasteiger partial charge in [-0.15, -0.1) is 10.2 Å². The number of anilines is 1. The molecule has 0 unspecified atom stereocenters. The topological polar surface area (TPSA) is 80.1 Å². The minimum atomic E-state index is -0.153. The van der Waals surface area contributed by atoms with Crippen LogP contribution in [-0.4, -0.2) is 51.3 Å². The molecule has 0 atom stereocenters. The second-order valence-electron chi connectivity index (χ2n) is 7.27. The summed E-state index contributed by atoms with van der Waals surface area (Å²) < 4.78 is 1.97. The number of hydrogen-bond acceptors (Lipinski definition) is 5. The van der Waals surface area contributed by atoms with Gasteiger partial charge in [-0.2, -0.15) is 0 Å². The third-order valence-corrected chi connectivity index (χ3v) is 5.48. The molecule has 3 aromatic rings. The van der Waals surface area contributed by atoms with Crippen molar-refractivity contribution in [3.63, 3.8) is 0 Å². The molecule has 0 aliphatic heterocycles. The van der Waals surface area contributed by atoms with Crippen molar-refractivity contribution < 1.29 is 9.59 Å². The summed E-state index contributed by atoms with van der Waals surface area (Å²) >= 11 is 1.33. The lowest BCUT2D eigenvalue weighted by Crippen LogP contribution is -2.21. The van der Waals surface area contributed by atoms with E-state index in [0.29, 0.717) is 16.4 Å². The number of amides is 2. The molecule has 8 heteroatoms. The molecule has 0 saturated carbocycles. The molecule has 1 heterocycles. The zero-order valence-electron chi connectivity index (χ0n) is 17.8. The summed E-state index contributed by atoms with van der Waals surface area (Å²) in [6.45, 7) is 5.98. The van der Waals surface area contributed by atoms with Gasteiger partial charge in [-0.05, 0) is 62.2 Å². The van der Waals surface area contributed by atoms with Crippen molar-refractivity contribution in [2.45, 2.75) is 25.9 Å². The van der Waals surface area contributed by atoms with Gasteiger partial charge in [0.05, 0.1) is 11.4 Å². The Morgan fingerprint density at radius 2 is 1.73 bits per heavy atom. The first-order chi connectivity index (χ1) is 14.3. The van der Waals surface area contributed by atoms with Crippen LogP contribution in [0.4, 0.5) is 5.69 Å². The maximum atomic E-state index is 12.4. The zero-order valence-corrected chi connectivity index (χ0v) is 18.6. The Bertz CT molecular complexity index is 1070. The number of aryl methyl sites for hydroxylation is 3. The Morgan fingerprint density at radius 1 is 1.03 bits per heavy atom. The van der Waals surface area contributed by atoms with Gasteiger partial charge in [0, 0.05) is 25.3 Å². The lowest BCUT2D eigenvalue weighted by atomic mass is 10.1. The number of thioether (sulfide) groups is 1. The summed E-state index contributed by atoms with van der Waals surface area (Å²) in [5.41, 5.74) is 4.49. The van der Waals surface area contributed by atoms with E-state index in [2.05, 4.69) is 33.7 Å². The Kier molecular flexibility index (Phi) is 6.56. The number of hydrogen-bond donors (Lipinski definition) is 1. The number of nitrogens with zero attached hydrogens (tertiary/aromatic N) is 4.